The molecule has 2 heterocycles. The van der Waals surface area contributed by atoms with Crippen molar-refractivity contribution in [3.8, 4) is 0 Å². The molecule has 1 atom stereocenters. The number of amidine groups is 1. The second kappa shape index (κ2) is 10.3. The van der Waals surface area contributed by atoms with Crippen molar-refractivity contribution in [1.29, 1.82) is 10.8 Å². The zero-order valence-electron chi connectivity index (χ0n) is 17.8. The van der Waals surface area contributed by atoms with Crippen LogP contribution in [0.5, 0.6) is 0 Å². The van der Waals surface area contributed by atoms with Crippen molar-refractivity contribution in [3.05, 3.63) is 45.7 Å². The summed E-state index contributed by atoms with van der Waals surface area (Å²) in [4.78, 5) is 27.4. The highest BCUT2D eigenvalue weighted by molar-refractivity contribution is 6.01. The number of carbonyl (C=O) groups is 1. The van der Waals surface area contributed by atoms with E-state index in [4.69, 9.17) is 25.0 Å². The van der Waals surface area contributed by atoms with Gasteiger partial charge in [0.15, 0.2) is 0 Å². The summed E-state index contributed by atoms with van der Waals surface area (Å²) < 4.78 is 17.4. The van der Waals surface area contributed by atoms with Gasteiger partial charge >= 0.3 is 5.97 Å². The summed E-state index contributed by atoms with van der Waals surface area (Å²) in [5.74, 6) is -0.977. The summed E-state index contributed by atoms with van der Waals surface area (Å²) in [6, 6.07) is 5.29. The fourth-order valence-corrected chi connectivity index (χ4v) is 3.67. The van der Waals surface area contributed by atoms with Crippen LogP contribution in [-0.4, -0.2) is 74.1 Å². The van der Waals surface area contributed by atoms with E-state index in [0.29, 0.717) is 61.8 Å². The topological polar surface area (TPSA) is 118 Å². The second-order valence-electron chi connectivity index (χ2n) is 7.18. The van der Waals surface area contributed by atoms with Crippen LogP contribution >= 0.6 is 0 Å². The highest BCUT2D eigenvalue weighted by atomic mass is 16.5. The Labute approximate surface area is 180 Å². The summed E-state index contributed by atoms with van der Waals surface area (Å²) in [7, 11) is 1.58. The van der Waals surface area contributed by atoms with Gasteiger partial charge < -0.3 is 29.1 Å². The molecule has 2 N–H and O–H groups in total. The van der Waals surface area contributed by atoms with Gasteiger partial charge in [0.05, 0.1) is 37.9 Å². The van der Waals surface area contributed by atoms with Crippen LogP contribution in [0, 0.1) is 10.8 Å². The lowest BCUT2D eigenvalue weighted by Crippen LogP contribution is -2.43. The number of rotatable bonds is 8. The molecule has 3 rings (SSSR count). The number of hydrogen-bond donors (Lipinski definition) is 2. The van der Waals surface area contributed by atoms with E-state index in [2.05, 4.69) is 0 Å². The maximum atomic E-state index is 13.1. The average Bonchev–Trinajstić information content (AvgIpc) is 2.80. The molecule has 0 spiro atoms. The summed E-state index contributed by atoms with van der Waals surface area (Å²) in [6.07, 6.45) is 2.71. The van der Waals surface area contributed by atoms with Crippen LogP contribution < -0.4 is 5.43 Å². The van der Waals surface area contributed by atoms with Gasteiger partial charge in [0.25, 0.3) is 0 Å². The molecule has 1 aliphatic rings. The monoisotopic (exact) mass is 428 g/mol. The summed E-state index contributed by atoms with van der Waals surface area (Å²) in [6.45, 7) is 4.98. The summed E-state index contributed by atoms with van der Waals surface area (Å²) in [5, 5.41) is 16.8. The molecule has 9 heteroatoms. The molecule has 31 heavy (non-hydrogen) atoms. The predicted molar refractivity (Wildman–Crippen MR) is 118 cm³/mol. The first-order valence-corrected chi connectivity index (χ1v) is 10.3. The zero-order chi connectivity index (χ0) is 22.4. The number of hydrogen-bond acceptors (Lipinski definition) is 7. The van der Waals surface area contributed by atoms with Gasteiger partial charge in [0.1, 0.15) is 11.4 Å². The first-order chi connectivity index (χ1) is 15.0. The van der Waals surface area contributed by atoms with E-state index < -0.39 is 17.3 Å². The molecule has 2 aromatic rings. The fourth-order valence-electron chi connectivity index (χ4n) is 3.67. The summed E-state index contributed by atoms with van der Waals surface area (Å²) >= 11 is 0. The molecule has 0 bridgehead atoms. The Morgan fingerprint density at radius 2 is 2.06 bits per heavy atom. The minimum Gasteiger partial charge on any atom is -0.462 e. The van der Waals surface area contributed by atoms with E-state index in [1.165, 1.54) is 12.4 Å². The SMILES string of the molecule is CCOC(=O)c1cn(CCOC)c2ccc(C(C=N)C(=N)N3CCOCC3)cc2c1=O. The molecule has 1 aliphatic heterocycles. The Balaban J connectivity index is 2.08. The number of ether oxygens (including phenoxy) is 3. The molecule has 0 amide bonds. The van der Waals surface area contributed by atoms with E-state index >= 15 is 0 Å². The average molecular weight is 428 g/mol. The van der Waals surface area contributed by atoms with Gasteiger partial charge in [-0.3, -0.25) is 10.2 Å². The smallest absolute Gasteiger partial charge is 0.343 e. The Morgan fingerprint density at radius 1 is 1.32 bits per heavy atom. The lowest BCUT2D eigenvalue weighted by molar-refractivity contribution is 0.0524. The standard InChI is InChI=1S/C22H28N4O5/c1-3-31-22(28)18-14-26(6-9-29-2)19-5-4-15(12-16(19)20(18)27)17(13-23)21(24)25-7-10-30-11-8-25/h4-5,12-14,17,23-24H,3,6-11H2,1-2H3. The number of fused-ring (bicyclic) bond motifs is 1. The van der Waals surface area contributed by atoms with Crippen molar-refractivity contribution in [1.82, 2.24) is 9.47 Å². The zero-order valence-corrected chi connectivity index (χ0v) is 17.8. The third-order valence-electron chi connectivity index (χ3n) is 5.31. The van der Waals surface area contributed by atoms with Gasteiger partial charge in [-0.2, -0.15) is 0 Å². The molecule has 1 fully saturated rings. The minimum absolute atomic E-state index is 0.0442. The number of benzene rings is 1. The van der Waals surface area contributed by atoms with Crippen LogP contribution in [0.15, 0.2) is 29.2 Å². The largest absolute Gasteiger partial charge is 0.462 e. The molecule has 0 aliphatic carbocycles. The first kappa shape index (κ1) is 22.6. The molecule has 9 nitrogen and oxygen atoms in total. The van der Waals surface area contributed by atoms with Crippen molar-refractivity contribution in [2.45, 2.75) is 19.4 Å². The minimum atomic E-state index is -0.671. The van der Waals surface area contributed by atoms with Crippen molar-refractivity contribution in [2.24, 2.45) is 0 Å². The highest BCUT2D eigenvalue weighted by Crippen LogP contribution is 2.23. The number of morpholine rings is 1. The van der Waals surface area contributed by atoms with Crippen LogP contribution in [0.4, 0.5) is 0 Å². The molecule has 1 aromatic heterocycles. The maximum absolute atomic E-state index is 13.1. The fraction of sp³-hybridized carbons (Fsp3) is 0.455. The number of carbonyl (C=O) groups excluding carboxylic acids is 1. The van der Waals surface area contributed by atoms with Gasteiger partial charge in [-0.25, -0.2) is 4.79 Å². The van der Waals surface area contributed by atoms with E-state index in [1.807, 2.05) is 11.0 Å². The third-order valence-corrected chi connectivity index (χ3v) is 5.31. The lowest BCUT2D eigenvalue weighted by Gasteiger charge is -2.31. The molecule has 0 saturated carbocycles. The van der Waals surface area contributed by atoms with E-state index in [9.17, 15) is 9.59 Å². The number of aromatic nitrogens is 1. The highest BCUT2D eigenvalue weighted by Gasteiger charge is 2.24. The quantitative estimate of drug-likeness (QED) is 0.377. The van der Waals surface area contributed by atoms with Crippen molar-refractivity contribution in [3.63, 3.8) is 0 Å². The Hall–Kier alpha value is -3.04. The normalized spacial score (nSPS) is 15.0. The Kier molecular flexibility index (Phi) is 7.54. The number of nitrogens with one attached hydrogen (secondary N) is 2. The van der Waals surface area contributed by atoms with Gasteiger partial charge in [-0.05, 0) is 24.6 Å². The first-order valence-electron chi connectivity index (χ1n) is 10.3. The molecule has 1 saturated heterocycles. The molecule has 166 valence electrons. The molecule has 1 unspecified atom stereocenters. The Bertz CT molecular complexity index is 1030. The van der Waals surface area contributed by atoms with Crippen LogP contribution in [0.25, 0.3) is 10.9 Å². The van der Waals surface area contributed by atoms with Crippen molar-refractivity contribution in [2.75, 3.05) is 46.6 Å². The maximum Gasteiger partial charge on any atom is 0.343 e. The van der Waals surface area contributed by atoms with Gasteiger partial charge in [0.2, 0.25) is 5.43 Å². The van der Waals surface area contributed by atoms with E-state index in [0.717, 1.165) is 0 Å². The Morgan fingerprint density at radius 3 is 2.71 bits per heavy atom. The van der Waals surface area contributed by atoms with Crippen LogP contribution in [0.1, 0.15) is 28.8 Å². The molecule has 0 radical (unpaired) electrons. The van der Waals surface area contributed by atoms with Gasteiger partial charge in [0, 0.05) is 44.5 Å². The number of methoxy groups -OCH3 is 1. The number of nitrogens with zero attached hydrogens (tertiary/aromatic N) is 2. The molecular formula is C22H28N4O5. The van der Waals surface area contributed by atoms with Gasteiger partial charge in [-0.15, -0.1) is 0 Å². The van der Waals surface area contributed by atoms with Crippen molar-refractivity contribution < 1.29 is 19.0 Å². The predicted octanol–water partition coefficient (Wildman–Crippen LogP) is 1.87. The van der Waals surface area contributed by atoms with Crippen LogP contribution in [-0.2, 0) is 20.8 Å². The van der Waals surface area contributed by atoms with Crippen LogP contribution in [0.2, 0.25) is 0 Å². The molecular weight excluding hydrogens is 400 g/mol. The van der Waals surface area contributed by atoms with E-state index in [-0.39, 0.29) is 12.2 Å². The lowest BCUT2D eigenvalue weighted by atomic mass is 9.95. The van der Waals surface area contributed by atoms with Crippen LogP contribution in [0.3, 0.4) is 0 Å². The van der Waals surface area contributed by atoms with Gasteiger partial charge in [-0.1, -0.05) is 6.07 Å². The van der Waals surface area contributed by atoms with E-state index in [1.54, 1.807) is 30.7 Å². The summed E-state index contributed by atoms with van der Waals surface area (Å²) in [5.41, 5.74) is 0.832. The van der Waals surface area contributed by atoms with Crippen molar-refractivity contribution >= 4 is 28.9 Å². The molecule has 1 aromatic carbocycles. The third kappa shape index (κ3) is 4.83. The number of esters is 1. The second-order valence-corrected chi connectivity index (χ2v) is 7.18. The number of pyridine rings is 1.